The molecule has 9 heteroatoms. The fraction of sp³-hybridized carbons (Fsp3) is 0.133. The van der Waals surface area contributed by atoms with Crippen LogP contribution in [0.15, 0.2) is 97.1 Å². The molecule has 0 aromatic heterocycles. The van der Waals surface area contributed by atoms with E-state index in [9.17, 15) is 9.59 Å². The molecular weight excluding hydrogens is 539 g/mol. The van der Waals surface area contributed by atoms with Crippen LogP contribution in [0.1, 0.15) is 13.8 Å². The lowest BCUT2D eigenvalue weighted by Crippen LogP contribution is -2.30. The molecule has 0 saturated carbocycles. The van der Waals surface area contributed by atoms with Gasteiger partial charge in [0.2, 0.25) is 0 Å². The van der Waals surface area contributed by atoms with Gasteiger partial charge in [-0.2, -0.15) is 0 Å². The number of anilines is 2. The summed E-state index contributed by atoms with van der Waals surface area (Å²) in [6.45, 7) is 3.32. The second-order valence-corrected chi connectivity index (χ2v) is 9.44. The number of hydrogen-bond donors (Lipinski definition) is 2. The van der Waals surface area contributed by atoms with Gasteiger partial charge in [-0.05, 0) is 98.8 Å². The van der Waals surface area contributed by atoms with E-state index in [0.717, 1.165) is 0 Å². The van der Waals surface area contributed by atoms with Crippen LogP contribution in [0.2, 0.25) is 10.0 Å². The van der Waals surface area contributed by atoms with E-state index in [4.69, 9.17) is 37.4 Å². The zero-order chi connectivity index (χ0) is 27.8. The first-order chi connectivity index (χ1) is 18.7. The van der Waals surface area contributed by atoms with Crippen molar-refractivity contribution in [3.8, 4) is 23.0 Å². The number of rotatable bonds is 10. The van der Waals surface area contributed by atoms with E-state index in [0.29, 0.717) is 44.4 Å². The molecule has 0 saturated heterocycles. The molecule has 0 radical (unpaired) electrons. The lowest BCUT2D eigenvalue weighted by Gasteiger charge is -2.15. The van der Waals surface area contributed by atoms with E-state index in [1.54, 1.807) is 111 Å². The average molecular weight is 565 g/mol. The lowest BCUT2D eigenvalue weighted by molar-refractivity contribution is -0.122. The molecule has 0 spiro atoms. The summed E-state index contributed by atoms with van der Waals surface area (Å²) in [5.41, 5.74) is 1.20. The summed E-state index contributed by atoms with van der Waals surface area (Å²) >= 11 is 11.9. The van der Waals surface area contributed by atoms with Crippen LogP contribution in [0.25, 0.3) is 0 Å². The molecule has 2 atom stereocenters. The molecule has 0 aliphatic carbocycles. The topological polar surface area (TPSA) is 85.9 Å². The molecule has 0 heterocycles. The molecule has 2 amide bonds. The third-order valence-corrected chi connectivity index (χ3v) is 5.91. The van der Waals surface area contributed by atoms with Gasteiger partial charge < -0.3 is 24.8 Å². The van der Waals surface area contributed by atoms with Gasteiger partial charge in [-0.25, -0.2) is 0 Å². The van der Waals surface area contributed by atoms with Crippen LogP contribution in [0.4, 0.5) is 11.4 Å². The zero-order valence-electron chi connectivity index (χ0n) is 21.2. The van der Waals surface area contributed by atoms with Crippen molar-refractivity contribution in [2.24, 2.45) is 0 Å². The van der Waals surface area contributed by atoms with Crippen molar-refractivity contribution in [3.63, 3.8) is 0 Å². The van der Waals surface area contributed by atoms with Gasteiger partial charge in [0.1, 0.15) is 23.0 Å². The number of carbonyl (C=O) groups is 2. The first kappa shape index (κ1) is 27.8. The minimum Gasteiger partial charge on any atom is -0.481 e. The molecule has 2 N–H and O–H groups in total. The fourth-order valence-electron chi connectivity index (χ4n) is 3.43. The van der Waals surface area contributed by atoms with Crippen LogP contribution in [-0.2, 0) is 9.59 Å². The summed E-state index contributed by atoms with van der Waals surface area (Å²) in [6.07, 6.45) is -1.44. The van der Waals surface area contributed by atoms with Crippen molar-refractivity contribution in [2.45, 2.75) is 26.1 Å². The third kappa shape index (κ3) is 8.40. The SMILES string of the molecule is C[C@H](Oc1cccc(Cl)c1)C(=O)Nc1ccc(Oc2ccc(NC(=O)[C@@H](C)Oc3cccc(Cl)c3)cc2)cc1. The molecule has 0 aliphatic heterocycles. The highest BCUT2D eigenvalue weighted by Gasteiger charge is 2.16. The Bertz CT molecular complexity index is 1320. The smallest absolute Gasteiger partial charge is 0.265 e. The maximum absolute atomic E-state index is 12.5. The fourth-order valence-corrected chi connectivity index (χ4v) is 3.79. The first-order valence-electron chi connectivity index (χ1n) is 12.1. The highest BCUT2D eigenvalue weighted by Crippen LogP contribution is 2.25. The largest absolute Gasteiger partial charge is 0.481 e. The average Bonchev–Trinajstić information content (AvgIpc) is 2.91. The number of amides is 2. The molecule has 7 nitrogen and oxygen atoms in total. The Morgan fingerprint density at radius 3 is 1.33 bits per heavy atom. The van der Waals surface area contributed by atoms with Gasteiger partial charge in [-0.15, -0.1) is 0 Å². The van der Waals surface area contributed by atoms with Gasteiger partial charge >= 0.3 is 0 Å². The second kappa shape index (κ2) is 13.0. The third-order valence-electron chi connectivity index (χ3n) is 5.44. The van der Waals surface area contributed by atoms with Crippen LogP contribution < -0.4 is 24.8 Å². The van der Waals surface area contributed by atoms with Crippen LogP contribution in [0.5, 0.6) is 23.0 Å². The molecule has 200 valence electrons. The van der Waals surface area contributed by atoms with Crippen LogP contribution in [-0.4, -0.2) is 24.0 Å². The lowest BCUT2D eigenvalue weighted by atomic mass is 10.2. The Hall–Kier alpha value is -4.20. The van der Waals surface area contributed by atoms with E-state index >= 15 is 0 Å². The Morgan fingerprint density at radius 1 is 0.590 bits per heavy atom. The van der Waals surface area contributed by atoms with Crippen LogP contribution in [0, 0.1) is 0 Å². The molecule has 0 fully saturated rings. The van der Waals surface area contributed by atoms with Gasteiger partial charge in [-0.3, -0.25) is 9.59 Å². The first-order valence-corrected chi connectivity index (χ1v) is 12.8. The van der Waals surface area contributed by atoms with E-state index in [1.807, 2.05) is 0 Å². The Labute approximate surface area is 236 Å². The molecule has 4 rings (SSSR count). The molecule has 0 bridgehead atoms. The molecule has 0 unspecified atom stereocenters. The van der Waals surface area contributed by atoms with Crippen molar-refractivity contribution in [1.29, 1.82) is 0 Å². The standard InChI is InChI=1S/C30H26Cl2N2O5/c1-19(37-27-7-3-5-21(31)17-27)29(35)33-23-9-13-25(14-10-23)39-26-15-11-24(12-16-26)34-30(36)20(2)38-28-8-4-6-22(32)18-28/h3-20H,1-2H3,(H,33,35)(H,34,36)/t19-,20+. The van der Waals surface area contributed by atoms with Crippen LogP contribution in [0.3, 0.4) is 0 Å². The summed E-state index contributed by atoms with van der Waals surface area (Å²) in [6, 6.07) is 27.6. The Morgan fingerprint density at radius 2 is 0.974 bits per heavy atom. The van der Waals surface area contributed by atoms with E-state index in [2.05, 4.69) is 10.6 Å². The maximum atomic E-state index is 12.5. The predicted octanol–water partition coefficient (Wildman–Crippen LogP) is 7.60. The molecule has 0 aliphatic rings. The highest BCUT2D eigenvalue weighted by atomic mass is 35.5. The number of nitrogens with one attached hydrogen (secondary N) is 2. The summed E-state index contributed by atoms with van der Waals surface area (Å²) in [4.78, 5) is 25.0. The molecule has 39 heavy (non-hydrogen) atoms. The number of ether oxygens (including phenoxy) is 3. The summed E-state index contributed by atoms with van der Waals surface area (Å²) in [5.74, 6) is 1.59. The maximum Gasteiger partial charge on any atom is 0.265 e. The monoisotopic (exact) mass is 564 g/mol. The van der Waals surface area contributed by atoms with Gasteiger partial charge in [0.05, 0.1) is 0 Å². The molecule has 4 aromatic carbocycles. The quantitative estimate of drug-likeness (QED) is 0.207. The van der Waals surface area contributed by atoms with Gasteiger partial charge in [-0.1, -0.05) is 35.3 Å². The van der Waals surface area contributed by atoms with Crippen molar-refractivity contribution in [2.75, 3.05) is 10.6 Å². The van der Waals surface area contributed by atoms with E-state index < -0.39 is 12.2 Å². The Kier molecular flexibility index (Phi) is 9.31. The Balaban J connectivity index is 1.26. The predicted molar refractivity (Wildman–Crippen MR) is 153 cm³/mol. The van der Waals surface area contributed by atoms with Crippen molar-refractivity contribution < 1.29 is 23.8 Å². The van der Waals surface area contributed by atoms with Crippen LogP contribution >= 0.6 is 23.2 Å². The second-order valence-electron chi connectivity index (χ2n) is 8.56. The van der Waals surface area contributed by atoms with Gasteiger partial charge in [0.25, 0.3) is 11.8 Å². The molecular formula is C30H26Cl2N2O5. The number of hydrogen-bond acceptors (Lipinski definition) is 5. The van der Waals surface area contributed by atoms with Crippen molar-refractivity contribution >= 4 is 46.4 Å². The summed E-state index contributed by atoms with van der Waals surface area (Å²) in [7, 11) is 0. The minimum atomic E-state index is -0.718. The molecule has 4 aromatic rings. The van der Waals surface area contributed by atoms with E-state index in [1.165, 1.54) is 0 Å². The summed E-state index contributed by atoms with van der Waals surface area (Å²) in [5, 5.41) is 6.68. The van der Waals surface area contributed by atoms with Gasteiger partial charge in [0, 0.05) is 21.4 Å². The normalized spacial score (nSPS) is 12.1. The van der Waals surface area contributed by atoms with Crippen molar-refractivity contribution in [1.82, 2.24) is 0 Å². The van der Waals surface area contributed by atoms with E-state index in [-0.39, 0.29) is 11.8 Å². The van der Waals surface area contributed by atoms with Gasteiger partial charge in [0.15, 0.2) is 12.2 Å². The summed E-state index contributed by atoms with van der Waals surface area (Å²) < 4.78 is 17.2. The van der Waals surface area contributed by atoms with Crippen molar-refractivity contribution in [3.05, 3.63) is 107 Å². The zero-order valence-corrected chi connectivity index (χ0v) is 22.7. The number of halogens is 2. The minimum absolute atomic E-state index is 0.298. The number of benzene rings is 4. The highest BCUT2D eigenvalue weighted by molar-refractivity contribution is 6.31. The number of carbonyl (C=O) groups excluding carboxylic acids is 2.